The van der Waals surface area contributed by atoms with Crippen molar-refractivity contribution in [3.8, 4) is 17.2 Å². The molecule has 2 amide bonds. The number of carbonyl (C=O) groups excluding carboxylic acids is 2. The van der Waals surface area contributed by atoms with Crippen LogP contribution in [-0.4, -0.2) is 58.3 Å². The van der Waals surface area contributed by atoms with Gasteiger partial charge in [0.25, 0.3) is 10.1 Å². The van der Waals surface area contributed by atoms with E-state index in [0.717, 1.165) is 48.8 Å². The zero-order valence-corrected chi connectivity index (χ0v) is 26.8. The van der Waals surface area contributed by atoms with Crippen LogP contribution in [0.25, 0.3) is 10.9 Å². The lowest BCUT2D eigenvalue weighted by molar-refractivity contribution is -0.131. The summed E-state index contributed by atoms with van der Waals surface area (Å²) >= 11 is 0. The first-order valence-corrected chi connectivity index (χ1v) is 17.1. The Hall–Kier alpha value is -4.75. The van der Waals surface area contributed by atoms with Crippen LogP contribution in [0.2, 0.25) is 0 Å². The fourth-order valence-corrected chi connectivity index (χ4v) is 6.09. The predicted octanol–water partition coefficient (Wildman–Crippen LogP) is 5.72. The van der Waals surface area contributed by atoms with Crippen molar-refractivity contribution in [2.24, 2.45) is 11.3 Å². The van der Waals surface area contributed by atoms with Crippen LogP contribution in [-0.2, 0) is 23.9 Å². The van der Waals surface area contributed by atoms with Crippen molar-refractivity contribution in [1.29, 1.82) is 0 Å². The maximum atomic E-state index is 13.2. The summed E-state index contributed by atoms with van der Waals surface area (Å²) in [6.07, 6.45) is 5.15. The second kappa shape index (κ2) is 13.2. The highest BCUT2D eigenvalue weighted by atomic mass is 32.2. The third-order valence-corrected chi connectivity index (χ3v) is 9.10. The van der Waals surface area contributed by atoms with E-state index < -0.39 is 33.2 Å². The molecule has 1 aromatic heterocycles. The molecule has 2 heterocycles. The molecule has 1 saturated heterocycles. The van der Waals surface area contributed by atoms with Crippen LogP contribution >= 0.6 is 0 Å². The molecule has 0 atom stereocenters. The average molecular weight is 663 g/mol. The monoisotopic (exact) mass is 662 g/mol. The Kier molecular flexibility index (Phi) is 9.02. The number of hydrogen-bond acceptors (Lipinski definition) is 9. The van der Waals surface area contributed by atoms with E-state index >= 15 is 0 Å². The lowest BCUT2D eigenvalue weighted by atomic mass is 9.97. The number of benzene rings is 3. The number of piperidine rings is 1. The Balaban J connectivity index is 1.10. The van der Waals surface area contributed by atoms with E-state index in [4.69, 9.17) is 13.7 Å². The van der Waals surface area contributed by atoms with Gasteiger partial charge in [0, 0.05) is 36.0 Å². The number of nitrogens with one attached hydrogen (secondary N) is 2. The summed E-state index contributed by atoms with van der Waals surface area (Å²) in [7, 11) is -1.86. The number of pyridine rings is 1. The van der Waals surface area contributed by atoms with Crippen molar-refractivity contribution in [3.63, 3.8) is 0 Å². The van der Waals surface area contributed by atoms with Crippen molar-refractivity contribution in [2.45, 2.75) is 25.7 Å². The van der Waals surface area contributed by atoms with Crippen molar-refractivity contribution in [2.75, 3.05) is 48.6 Å². The third-order valence-electron chi connectivity index (χ3n) is 8.54. The number of rotatable bonds is 11. The van der Waals surface area contributed by atoms with Crippen molar-refractivity contribution in [1.82, 2.24) is 4.98 Å². The number of fused-ring (bicyclic) bond motifs is 1. The summed E-state index contributed by atoms with van der Waals surface area (Å²) in [5.74, 6) is 0.693. The number of anilines is 3. The molecule has 47 heavy (non-hydrogen) atoms. The summed E-state index contributed by atoms with van der Waals surface area (Å²) in [5, 5.41) is 6.29. The van der Waals surface area contributed by atoms with E-state index in [1.165, 1.54) is 24.3 Å². The highest BCUT2D eigenvalue weighted by Crippen LogP contribution is 2.47. The quantitative estimate of drug-likeness (QED) is 0.153. The van der Waals surface area contributed by atoms with Crippen LogP contribution in [0.5, 0.6) is 17.2 Å². The van der Waals surface area contributed by atoms with E-state index in [2.05, 4.69) is 20.5 Å². The molecule has 6 rings (SSSR count). The minimum absolute atomic E-state index is 0.160. The molecule has 2 aliphatic rings. The van der Waals surface area contributed by atoms with Crippen LogP contribution in [0.15, 0.2) is 72.9 Å². The van der Waals surface area contributed by atoms with Gasteiger partial charge in [0.05, 0.1) is 31.2 Å². The fourth-order valence-electron chi connectivity index (χ4n) is 5.65. The first-order valence-electron chi connectivity index (χ1n) is 15.3. The Bertz CT molecular complexity index is 1890. The van der Waals surface area contributed by atoms with Crippen molar-refractivity contribution in [3.05, 3.63) is 78.7 Å². The Morgan fingerprint density at radius 3 is 2.13 bits per heavy atom. The van der Waals surface area contributed by atoms with Crippen LogP contribution in [0.4, 0.5) is 21.5 Å². The van der Waals surface area contributed by atoms with Gasteiger partial charge >= 0.3 is 0 Å². The molecule has 2 N–H and O–H groups in total. The normalized spacial score (nSPS) is 16.0. The Morgan fingerprint density at radius 2 is 1.55 bits per heavy atom. The lowest BCUT2D eigenvalue weighted by Gasteiger charge is -2.34. The molecule has 1 aliphatic carbocycles. The van der Waals surface area contributed by atoms with E-state index in [-0.39, 0.29) is 12.5 Å². The minimum atomic E-state index is -3.47. The number of halogens is 1. The van der Waals surface area contributed by atoms with Gasteiger partial charge in [-0.15, -0.1) is 0 Å². The highest BCUT2D eigenvalue weighted by molar-refractivity contribution is 7.85. The van der Waals surface area contributed by atoms with Gasteiger partial charge in [-0.05, 0) is 98.3 Å². The van der Waals surface area contributed by atoms with Crippen LogP contribution in [0, 0.1) is 17.2 Å². The largest absolute Gasteiger partial charge is 0.495 e. The number of ether oxygens (including phenoxy) is 2. The fraction of sp³-hybridized carbons (Fsp3) is 0.324. The number of amides is 2. The first kappa shape index (κ1) is 32.2. The Morgan fingerprint density at radius 1 is 0.936 bits per heavy atom. The van der Waals surface area contributed by atoms with Gasteiger partial charge in [-0.3, -0.25) is 18.8 Å². The number of nitrogens with zero attached hydrogens (tertiary/aromatic N) is 2. The average Bonchev–Trinajstić information content (AvgIpc) is 3.88. The van der Waals surface area contributed by atoms with Gasteiger partial charge < -0.3 is 25.0 Å². The zero-order chi connectivity index (χ0) is 33.2. The molecule has 0 unspecified atom stereocenters. The number of methoxy groups -OCH3 is 1. The molecule has 13 heteroatoms. The summed E-state index contributed by atoms with van der Waals surface area (Å²) in [4.78, 5) is 32.7. The molecule has 11 nitrogen and oxygen atoms in total. The van der Waals surface area contributed by atoms with E-state index in [9.17, 15) is 22.4 Å². The van der Waals surface area contributed by atoms with Gasteiger partial charge in [-0.1, -0.05) is 0 Å². The summed E-state index contributed by atoms with van der Waals surface area (Å²) < 4.78 is 52.9. The zero-order valence-electron chi connectivity index (χ0n) is 26.0. The second-order valence-electron chi connectivity index (χ2n) is 11.9. The van der Waals surface area contributed by atoms with Gasteiger partial charge in [0.15, 0.2) is 0 Å². The molecule has 0 radical (unpaired) electrons. The minimum Gasteiger partial charge on any atom is -0.495 e. The smallest absolute Gasteiger partial charge is 0.264 e. The van der Waals surface area contributed by atoms with Crippen molar-refractivity contribution >= 4 is 49.9 Å². The molecular formula is C34H35FN4O7S. The van der Waals surface area contributed by atoms with Crippen LogP contribution < -0.4 is 25.0 Å². The van der Waals surface area contributed by atoms with Gasteiger partial charge in [0.2, 0.25) is 11.8 Å². The molecule has 0 bridgehead atoms. The number of aromatic nitrogens is 1. The molecular weight excluding hydrogens is 627 g/mol. The molecule has 0 spiro atoms. The molecule has 4 aromatic rings. The van der Waals surface area contributed by atoms with Crippen LogP contribution in [0.1, 0.15) is 25.7 Å². The maximum Gasteiger partial charge on any atom is 0.264 e. The van der Waals surface area contributed by atoms with Gasteiger partial charge in [-0.25, -0.2) is 4.39 Å². The topological polar surface area (TPSA) is 136 Å². The first-order chi connectivity index (χ1) is 22.5. The van der Waals surface area contributed by atoms with Crippen LogP contribution in [0.3, 0.4) is 0 Å². The molecule has 246 valence electrons. The molecule has 3 aromatic carbocycles. The molecule has 1 saturated carbocycles. The van der Waals surface area contributed by atoms with E-state index in [0.29, 0.717) is 41.5 Å². The summed E-state index contributed by atoms with van der Waals surface area (Å²) in [5.41, 5.74) is 1.39. The Labute approximate surface area is 272 Å². The number of carbonyl (C=O) groups is 2. The van der Waals surface area contributed by atoms with Crippen molar-refractivity contribution < 1.29 is 36.1 Å². The van der Waals surface area contributed by atoms with E-state index in [1.54, 1.807) is 43.6 Å². The standard InChI is InChI=1S/C34H35FN4O7S/c1-44-31-19-27-28(20-29(31)39-17-12-22(13-18-39)21-45-47(2,42)43)36-16-11-30(27)46-26-9-7-25(8-10-26)38-33(41)34(14-15-34)32(40)37-24-5-3-23(35)4-6-24/h3-11,16,19-20,22H,12-15,17-18,21H2,1-2H3,(H,37,40)(H,38,41). The SMILES string of the molecule is COc1cc2c(Oc3ccc(NC(=O)C4(C(=O)Nc5ccc(F)cc5)CC4)cc3)ccnc2cc1N1CCC(COS(C)(=O)=O)CC1. The maximum absolute atomic E-state index is 13.2. The third kappa shape index (κ3) is 7.47. The molecule has 1 aliphatic heterocycles. The highest BCUT2D eigenvalue weighted by Gasteiger charge is 2.56. The number of hydrogen-bond donors (Lipinski definition) is 2. The van der Waals surface area contributed by atoms with Gasteiger partial charge in [-0.2, -0.15) is 8.42 Å². The lowest BCUT2D eigenvalue weighted by Crippen LogP contribution is -2.35. The van der Waals surface area contributed by atoms with E-state index in [1.807, 2.05) is 12.1 Å². The summed E-state index contributed by atoms with van der Waals surface area (Å²) in [6, 6.07) is 17.9. The summed E-state index contributed by atoms with van der Waals surface area (Å²) in [6.45, 7) is 1.63. The van der Waals surface area contributed by atoms with Gasteiger partial charge in [0.1, 0.15) is 28.5 Å². The molecule has 2 fully saturated rings. The second-order valence-corrected chi connectivity index (χ2v) is 13.5. The predicted molar refractivity (Wildman–Crippen MR) is 176 cm³/mol.